The third kappa shape index (κ3) is 4.14. The first-order valence-corrected chi connectivity index (χ1v) is 11.3. The summed E-state index contributed by atoms with van der Waals surface area (Å²) in [5.74, 6) is -0.867. The summed E-state index contributed by atoms with van der Waals surface area (Å²) >= 11 is 2.89. The van der Waals surface area contributed by atoms with E-state index in [2.05, 4.69) is 5.32 Å². The van der Waals surface area contributed by atoms with Crippen molar-refractivity contribution in [2.24, 2.45) is 0 Å². The molecule has 7 nitrogen and oxygen atoms in total. The summed E-state index contributed by atoms with van der Waals surface area (Å²) in [6, 6.07) is 12.3. The monoisotopic (exact) mass is 444 g/mol. The Hall–Kier alpha value is -2.62. The van der Waals surface area contributed by atoms with Gasteiger partial charge in [-0.05, 0) is 22.6 Å². The summed E-state index contributed by atoms with van der Waals surface area (Å²) < 4.78 is 5.39. The van der Waals surface area contributed by atoms with Crippen LogP contribution in [0.1, 0.15) is 10.4 Å². The van der Waals surface area contributed by atoms with Crippen LogP contribution in [0.4, 0.5) is 0 Å². The minimum Gasteiger partial charge on any atom is -0.456 e. The van der Waals surface area contributed by atoms with E-state index in [-0.39, 0.29) is 42.5 Å². The van der Waals surface area contributed by atoms with Crippen molar-refractivity contribution in [3.8, 4) is 0 Å². The van der Waals surface area contributed by atoms with Crippen molar-refractivity contribution in [2.75, 3.05) is 12.4 Å². The third-order valence-corrected chi connectivity index (χ3v) is 7.09. The molecule has 9 heteroatoms. The smallest absolute Gasteiger partial charge is 0.355 e. The van der Waals surface area contributed by atoms with Crippen LogP contribution in [0.3, 0.4) is 0 Å². The first-order valence-electron chi connectivity index (χ1n) is 9.39. The molecule has 1 aromatic carbocycles. The second kappa shape index (κ2) is 9.03. The maximum atomic E-state index is 12.8. The number of carbonyl (C=O) groups is 3. The lowest BCUT2D eigenvalue weighted by molar-refractivity contribution is -0.153. The molecule has 30 heavy (non-hydrogen) atoms. The van der Waals surface area contributed by atoms with Crippen molar-refractivity contribution in [2.45, 2.75) is 24.4 Å². The van der Waals surface area contributed by atoms with E-state index in [0.717, 1.165) is 10.4 Å². The first kappa shape index (κ1) is 20.6. The molecule has 4 rings (SSSR count). The summed E-state index contributed by atoms with van der Waals surface area (Å²) in [7, 11) is 0. The maximum absolute atomic E-state index is 12.8. The molecule has 0 radical (unpaired) electrons. The van der Waals surface area contributed by atoms with E-state index in [9.17, 15) is 19.5 Å². The van der Waals surface area contributed by atoms with Crippen LogP contribution < -0.4 is 5.32 Å². The van der Waals surface area contributed by atoms with E-state index in [1.165, 1.54) is 28.0 Å². The topological polar surface area (TPSA) is 95.9 Å². The molecular formula is C21H20N2O5S2. The molecule has 2 aromatic rings. The molecule has 1 aromatic heterocycles. The van der Waals surface area contributed by atoms with Crippen molar-refractivity contribution in [1.82, 2.24) is 10.2 Å². The zero-order chi connectivity index (χ0) is 21.1. The zero-order valence-corrected chi connectivity index (χ0v) is 17.6. The summed E-state index contributed by atoms with van der Waals surface area (Å²) in [5, 5.41) is 14.0. The van der Waals surface area contributed by atoms with E-state index in [1.807, 2.05) is 47.8 Å². The van der Waals surface area contributed by atoms with Crippen LogP contribution >= 0.6 is 23.1 Å². The average Bonchev–Trinajstić information content (AvgIpc) is 3.28. The number of hydrogen-bond donors (Lipinski definition) is 2. The van der Waals surface area contributed by atoms with Crippen molar-refractivity contribution < 1.29 is 24.2 Å². The molecule has 156 valence electrons. The highest BCUT2D eigenvalue weighted by molar-refractivity contribution is 8.00. The number of benzene rings is 1. The standard InChI is InChI=1S/C21H20N2O5S2/c24-10-14-12-30-20-17(22-16(25)9-15-7-4-8-29-15)19(26)23(20)18(14)21(27)28-11-13-5-2-1-3-6-13/h1-8,17,20,24H,9-12H2,(H,22,25)/t17?,20-/m1/s1. The second-order valence-electron chi connectivity index (χ2n) is 6.88. The van der Waals surface area contributed by atoms with Gasteiger partial charge in [0.2, 0.25) is 5.91 Å². The summed E-state index contributed by atoms with van der Waals surface area (Å²) in [6.07, 6.45) is 0.211. The van der Waals surface area contributed by atoms with Crippen molar-refractivity contribution in [3.05, 3.63) is 69.6 Å². The van der Waals surface area contributed by atoms with Crippen molar-refractivity contribution in [3.63, 3.8) is 0 Å². The molecule has 0 spiro atoms. The number of nitrogens with zero attached hydrogens (tertiary/aromatic N) is 1. The van der Waals surface area contributed by atoms with Gasteiger partial charge in [-0.15, -0.1) is 23.1 Å². The Morgan fingerprint density at radius 3 is 2.70 bits per heavy atom. The van der Waals surface area contributed by atoms with Crippen molar-refractivity contribution in [1.29, 1.82) is 0 Å². The summed E-state index contributed by atoms with van der Waals surface area (Å²) in [6.45, 7) is -0.266. The van der Waals surface area contributed by atoms with Gasteiger partial charge in [0, 0.05) is 10.6 Å². The van der Waals surface area contributed by atoms with E-state index in [4.69, 9.17) is 4.74 Å². The third-order valence-electron chi connectivity index (χ3n) is 4.88. The summed E-state index contributed by atoms with van der Waals surface area (Å²) in [4.78, 5) is 40.1. The number of ether oxygens (including phenoxy) is 1. The van der Waals surface area contributed by atoms with Gasteiger partial charge >= 0.3 is 5.97 Å². The quantitative estimate of drug-likeness (QED) is 0.498. The Bertz CT molecular complexity index is 975. The number of fused-ring (bicyclic) bond motifs is 1. The number of esters is 1. The van der Waals surface area contributed by atoms with Crippen LogP contribution in [0, 0.1) is 0 Å². The van der Waals surface area contributed by atoms with Crippen LogP contribution in [0.5, 0.6) is 0 Å². The van der Waals surface area contributed by atoms with E-state index < -0.39 is 12.0 Å². The van der Waals surface area contributed by atoms with Crippen LogP contribution in [0.25, 0.3) is 0 Å². The summed E-state index contributed by atoms with van der Waals surface area (Å²) in [5.41, 5.74) is 1.37. The Morgan fingerprint density at radius 1 is 1.20 bits per heavy atom. The number of thioether (sulfide) groups is 1. The highest BCUT2D eigenvalue weighted by atomic mass is 32.2. The number of hydrogen-bond acceptors (Lipinski definition) is 7. The van der Waals surface area contributed by atoms with Gasteiger partial charge < -0.3 is 15.2 Å². The van der Waals surface area contributed by atoms with E-state index >= 15 is 0 Å². The Labute approximate surface area is 181 Å². The van der Waals surface area contributed by atoms with Gasteiger partial charge in [-0.25, -0.2) is 4.79 Å². The lowest BCUT2D eigenvalue weighted by atomic mass is 10.0. The van der Waals surface area contributed by atoms with Crippen molar-refractivity contribution >= 4 is 40.9 Å². The number of aliphatic hydroxyl groups is 1. The number of aliphatic hydroxyl groups excluding tert-OH is 1. The van der Waals surface area contributed by atoms with Gasteiger partial charge in [-0.3, -0.25) is 14.5 Å². The fourth-order valence-electron chi connectivity index (χ4n) is 3.38. The predicted octanol–water partition coefficient (Wildman–Crippen LogP) is 1.68. The second-order valence-corrected chi connectivity index (χ2v) is 9.02. The molecule has 0 aliphatic carbocycles. The molecule has 1 saturated heterocycles. The Balaban J connectivity index is 1.43. The fourth-order valence-corrected chi connectivity index (χ4v) is 5.42. The Kier molecular flexibility index (Phi) is 6.21. The normalized spacial score (nSPS) is 20.4. The molecule has 2 amide bonds. The number of carbonyl (C=O) groups excluding carboxylic acids is 3. The molecule has 1 unspecified atom stereocenters. The molecule has 3 heterocycles. The van der Waals surface area contributed by atoms with Crippen LogP contribution in [-0.4, -0.2) is 51.6 Å². The largest absolute Gasteiger partial charge is 0.456 e. The number of thiophene rings is 1. The lowest BCUT2D eigenvalue weighted by Crippen LogP contribution is -2.70. The zero-order valence-electron chi connectivity index (χ0n) is 15.9. The van der Waals surface area contributed by atoms with Crippen LogP contribution in [0.15, 0.2) is 59.1 Å². The fraction of sp³-hybridized carbons (Fsp3) is 0.286. The molecule has 0 bridgehead atoms. The highest BCUT2D eigenvalue weighted by Gasteiger charge is 2.54. The number of nitrogens with one attached hydrogen (secondary N) is 1. The molecule has 2 N–H and O–H groups in total. The number of amides is 2. The molecule has 2 aliphatic heterocycles. The molecule has 1 fully saturated rings. The van der Waals surface area contributed by atoms with Gasteiger partial charge in [0.25, 0.3) is 5.91 Å². The van der Waals surface area contributed by atoms with Gasteiger partial charge in [0.1, 0.15) is 23.7 Å². The van der Waals surface area contributed by atoms with Gasteiger partial charge in [-0.2, -0.15) is 0 Å². The first-order chi connectivity index (χ1) is 14.6. The predicted molar refractivity (Wildman–Crippen MR) is 113 cm³/mol. The minimum absolute atomic E-state index is 0.0721. The Morgan fingerprint density at radius 2 is 2.00 bits per heavy atom. The highest BCUT2D eigenvalue weighted by Crippen LogP contribution is 2.40. The lowest BCUT2D eigenvalue weighted by Gasteiger charge is -2.49. The minimum atomic E-state index is -0.695. The maximum Gasteiger partial charge on any atom is 0.355 e. The van der Waals surface area contributed by atoms with Crippen LogP contribution in [-0.2, 0) is 32.1 Å². The van der Waals surface area contributed by atoms with Gasteiger partial charge in [0.05, 0.1) is 13.0 Å². The molecule has 2 atom stereocenters. The SMILES string of the molecule is O=C(Cc1cccs1)NC1C(=O)N2C(C(=O)OCc3ccccc3)=C(CO)CS[C@H]12. The van der Waals surface area contributed by atoms with Gasteiger partial charge in [-0.1, -0.05) is 36.4 Å². The molecule has 0 saturated carbocycles. The van der Waals surface area contributed by atoms with E-state index in [0.29, 0.717) is 11.3 Å². The van der Waals surface area contributed by atoms with Gasteiger partial charge in [0.15, 0.2) is 0 Å². The van der Waals surface area contributed by atoms with E-state index in [1.54, 1.807) is 0 Å². The molecular weight excluding hydrogens is 424 g/mol. The molecule has 2 aliphatic rings. The average molecular weight is 445 g/mol. The van der Waals surface area contributed by atoms with Crippen LogP contribution in [0.2, 0.25) is 0 Å². The number of β-lactam (4-membered cyclic amide) rings is 1. The number of rotatable bonds is 7.